The summed E-state index contributed by atoms with van der Waals surface area (Å²) in [6.45, 7) is 2.77. The summed E-state index contributed by atoms with van der Waals surface area (Å²) < 4.78 is 52.5. The second-order valence-corrected chi connectivity index (χ2v) is 8.72. The highest BCUT2D eigenvalue weighted by atomic mass is 32.1. The number of fused-ring (bicyclic) bond motifs is 1. The minimum atomic E-state index is -4.42. The molecule has 0 bridgehead atoms. The van der Waals surface area contributed by atoms with Crippen LogP contribution < -0.4 is 14.3 Å². The van der Waals surface area contributed by atoms with Gasteiger partial charge in [0.05, 0.1) is 23.5 Å². The Labute approximate surface area is 198 Å². The zero-order valence-electron chi connectivity index (χ0n) is 18.3. The van der Waals surface area contributed by atoms with Gasteiger partial charge in [-0.2, -0.15) is 13.2 Å². The molecule has 1 aliphatic rings. The molecule has 0 aliphatic carbocycles. The summed E-state index contributed by atoms with van der Waals surface area (Å²) in [5.74, 6) is 1.38. The molecule has 0 saturated heterocycles. The average Bonchev–Trinajstić information content (AvgIpc) is 3.46. The molecule has 2 heterocycles. The number of ether oxygens (including phenoxy) is 2. The first-order valence-corrected chi connectivity index (χ1v) is 11.7. The van der Waals surface area contributed by atoms with Crippen LogP contribution in [0.1, 0.15) is 23.6 Å². The molecule has 5 rings (SSSR count). The van der Waals surface area contributed by atoms with Gasteiger partial charge in [0.2, 0.25) is 6.79 Å². The van der Waals surface area contributed by atoms with Crippen LogP contribution in [0.2, 0.25) is 0 Å². The number of nitrogens with zero attached hydrogens (tertiary/aromatic N) is 2. The molecule has 0 saturated carbocycles. The van der Waals surface area contributed by atoms with Crippen LogP contribution in [-0.4, -0.2) is 11.4 Å². The lowest BCUT2D eigenvalue weighted by Gasteiger charge is -2.11. The molecule has 174 valence electrons. The van der Waals surface area contributed by atoms with E-state index in [9.17, 15) is 13.2 Å². The van der Waals surface area contributed by atoms with Crippen molar-refractivity contribution in [2.75, 3.05) is 6.79 Å². The molecule has 0 unspecified atom stereocenters. The van der Waals surface area contributed by atoms with Crippen LogP contribution in [0.25, 0.3) is 11.3 Å². The number of rotatable bonds is 5. The van der Waals surface area contributed by atoms with E-state index < -0.39 is 11.7 Å². The second kappa shape index (κ2) is 9.02. The van der Waals surface area contributed by atoms with E-state index in [1.54, 1.807) is 6.07 Å². The summed E-state index contributed by atoms with van der Waals surface area (Å²) in [6.07, 6.45) is -3.48. The number of thiazole rings is 1. The maximum Gasteiger partial charge on any atom is 0.416 e. The SMILES string of the molecule is CCc1ccc(-c2csc(=Nc3cccc(C(F)(F)F)c3)n2Cc2ccc3c(c2)OCO3)cc1. The molecule has 4 nitrogen and oxygen atoms in total. The third kappa shape index (κ3) is 4.59. The maximum atomic E-state index is 13.2. The topological polar surface area (TPSA) is 35.8 Å². The summed E-state index contributed by atoms with van der Waals surface area (Å²) in [4.78, 5) is 5.19. The van der Waals surface area contributed by atoms with Crippen molar-refractivity contribution in [1.82, 2.24) is 4.57 Å². The highest BCUT2D eigenvalue weighted by Gasteiger charge is 2.30. The molecule has 0 fully saturated rings. The van der Waals surface area contributed by atoms with Crippen molar-refractivity contribution in [2.24, 2.45) is 4.99 Å². The summed E-state index contributed by atoms with van der Waals surface area (Å²) in [5, 5.41) is 1.99. The Bertz CT molecular complexity index is 1390. The smallest absolute Gasteiger partial charge is 0.416 e. The zero-order chi connectivity index (χ0) is 23.7. The highest BCUT2D eigenvalue weighted by Crippen LogP contribution is 2.34. The minimum Gasteiger partial charge on any atom is -0.454 e. The summed E-state index contributed by atoms with van der Waals surface area (Å²) >= 11 is 1.39. The normalized spacial score (nSPS) is 13.5. The number of alkyl halides is 3. The summed E-state index contributed by atoms with van der Waals surface area (Å²) in [5.41, 5.74) is 3.69. The monoisotopic (exact) mass is 482 g/mol. The van der Waals surface area contributed by atoms with E-state index in [1.165, 1.54) is 23.0 Å². The molecule has 4 aromatic rings. The van der Waals surface area contributed by atoms with E-state index in [1.807, 2.05) is 28.1 Å². The largest absolute Gasteiger partial charge is 0.454 e. The van der Waals surface area contributed by atoms with Crippen molar-refractivity contribution >= 4 is 17.0 Å². The van der Waals surface area contributed by atoms with Gasteiger partial charge in [-0.3, -0.25) is 0 Å². The van der Waals surface area contributed by atoms with Crippen LogP contribution in [0.5, 0.6) is 11.5 Å². The summed E-state index contributed by atoms with van der Waals surface area (Å²) in [6, 6.07) is 19.1. The lowest BCUT2D eigenvalue weighted by atomic mass is 10.1. The standard InChI is InChI=1S/C26H21F3N2O2S/c1-2-17-6-9-19(10-7-17)22-15-34-25(30-21-5-3-4-20(13-21)26(27,28)29)31(22)14-18-8-11-23-24(12-18)33-16-32-23/h3-13,15H,2,14,16H2,1H3. The van der Waals surface area contributed by atoms with E-state index in [2.05, 4.69) is 36.2 Å². The highest BCUT2D eigenvalue weighted by molar-refractivity contribution is 7.07. The lowest BCUT2D eigenvalue weighted by Crippen LogP contribution is -2.16. The molecule has 0 amide bonds. The first-order valence-electron chi connectivity index (χ1n) is 10.8. The third-order valence-electron chi connectivity index (χ3n) is 5.63. The lowest BCUT2D eigenvalue weighted by molar-refractivity contribution is -0.137. The van der Waals surface area contributed by atoms with Gasteiger partial charge in [0, 0.05) is 5.38 Å². The molecular formula is C26H21F3N2O2S. The molecule has 1 aliphatic heterocycles. The van der Waals surface area contributed by atoms with E-state index in [4.69, 9.17) is 9.47 Å². The van der Waals surface area contributed by atoms with Crippen LogP contribution in [0, 0.1) is 0 Å². The van der Waals surface area contributed by atoms with E-state index >= 15 is 0 Å². The van der Waals surface area contributed by atoms with E-state index in [0.29, 0.717) is 22.8 Å². The molecule has 0 N–H and O–H groups in total. The first-order chi connectivity index (χ1) is 16.4. The molecule has 8 heteroatoms. The number of aryl methyl sites for hydroxylation is 1. The molecule has 1 aromatic heterocycles. The van der Waals surface area contributed by atoms with Crippen LogP contribution in [0.4, 0.5) is 18.9 Å². The Balaban J connectivity index is 1.60. The van der Waals surface area contributed by atoms with Crippen molar-refractivity contribution in [2.45, 2.75) is 26.1 Å². The number of hydrogen-bond donors (Lipinski definition) is 0. The van der Waals surface area contributed by atoms with Gasteiger partial charge in [-0.15, -0.1) is 11.3 Å². The average molecular weight is 483 g/mol. The number of halogens is 3. The fraction of sp³-hybridized carbons (Fsp3) is 0.192. The van der Waals surface area contributed by atoms with E-state index in [-0.39, 0.29) is 12.5 Å². The van der Waals surface area contributed by atoms with Crippen LogP contribution >= 0.6 is 11.3 Å². The number of aromatic nitrogens is 1. The van der Waals surface area contributed by atoms with Crippen molar-refractivity contribution in [3.63, 3.8) is 0 Å². The molecule has 0 radical (unpaired) electrons. The Morgan fingerprint density at radius 2 is 1.71 bits per heavy atom. The van der Waals surface area contributed by atoms with Crippen molar-refractivity contribution in [1.29, 1.82) is 0 Å². The Morgan fingerprint density at radius 1 is 0.941 bits per heavy atom. The minimum absolute atomic E-state index is 0.190. The van der Waals surface area contributed by atoms with Crippen molar-refractivity contribution < 1.29 is 22.6 Å². The van der Waals surface area contributed by atoms with Gasteiger partial charge in [0.25, 0.3) is 0 Å². The van der Waals surface area contributed by atoms with E-state index in [0.717, 1.165) is 35.4 Å². The predicted octanol–water partition coefficient (Wildman–Crippen LogP) is 6.81. The van der Waals surface area contributed by atoms with Gasteiger partial charge in [-0.05, 0) is 53.4 Å². The molecular weight excluding hydrogens is 461 g/mol. The van der Waals surface area contributed by atoms with Crippen LogP contribution in [-0.2, 0) is 19.1 Å². The number of benzene rings is 3. The van der Waals surface area contributed by atoms with Gasteiger partial charge < -0.3 is 14.0 Å². The second-order valence-electron chi connectivity index (χ2n) is 7.89. The predicted molar refractivity (Wildman–Crippen MR) is 125 cm³/mol. The van der Waals surface area contributed by atoms with Crippen molar-refractivity contribution in [3.05, 3.63) is 93.6 Å². The molecule has 3 aromatic carbocycles. The van der Waals surface area contributed by atoms with Gasteiger partial charge >= 0.3 is 6.18 Å². The van der Waals surface area contributed by atoms with Crippen LogP contribution in [0.15, 0.2) is 77.1 Å². The quantitative estimate of drug-likeness (QED) is 0.313. The Hall–Kier alpha value is -3.52. The molecule has 0 spiro atoms. The van der Waals surface area contributed by atoms with Gasteiger partial charge in [-0.1, -0.05) is 43.3 Å². The Kier molecular flexibility index (Phi) is 5.91. The molecule has 0 atom stereocenters. The Morgan fingerprint density at radius 3 is 2.47 bits per heavy atom. The zero-order valence-corrected chi connectivity index (χ0v) is 19.1. The van der Waals surface area contributed by atoms with Crippen LogP contribution in [0.3, 0.4) is 0 Å². The fourth-order valence-electron chi connectivity index (χ4n) is 3.80. The number of hydrogen-bond acceptors (Lipinski definition) is 4. The van der Waals surface area contributed by atoms with Gasteiger partial charge in [0.1, 0.15) is 0 Å². The third-order valence-corrected chi connectivity index (χ3v) is 6.50. The first kappa shape index (κ1) is 22.3. The maximum absolute atomic E-state index is 13.2. The van der Waals surface area contributed by atoms with Gasteiger partial charge in [-0.25, -0.2) is 4.99 Å². The fourth-order valence-corrected chi connectivity index (χ4v) is 4.73. The summed E-state index contributed by atoms with van der Waals surface area (Å²) in [7, 11) is 0. The van der Waals surface area contributed by atoms with Crippen molar-refractivity contribution in [3.8, 4) is 22.8 Å². The van der Waals surface area contributed by atoms with Gasteiger partial charge in [0.15, 0.2) is 16.3 Å². The molecule has 34 heavy (non-hydrogen) atoms.